The van der Waals surface area contributed by atoms with Gasteiger partial charge in [0.1, 0.15) is 6.61 Å². The van der Waals surface area contributed by atoms with Gasteiger partial charge in [-0.25, -0.2) is 9.79 Å². The van der Waals surface area contributed by atoms with E-state index in [1.165, 1.54) is 0 Å². The Balaban J connectivity index is 1.40. The molecule has 0 unspecified atom stereocenters. The maximum Gasteiger partial charge on any atom is 0.363 e. The Hall–Kier alpha value is -3.17. The molecule has 35 heavy (non-hydrogen) atoms. The lowest BCUT2D eigenvalue weighted by molar-refractivity contribution is -0.129. The molecule has 0 saturated carbocycles. The number of methoxy groups -OCH3 is 1. The van der Waals surface area contributed by atoms with Crippen molar-refractivity contribution in [3.63, 3.8) is 0 Å². The van der Waals surface area contributed by atoms with Crippen LogP contribution < -0.4 is 9.47 Å². The van der Waals surface area contributed by atoms with Gasteiger partial charge in [-0.1, -0.05) is 58.4 Å². The minimum absolute atomic E-state index is 0.231. The lowest BCUT2D eigenvalue weighted by atomic mass is 10.1. The molecule has 0 bridgehead atoms. The second-order valence-corrected chi connectivity index (χ2v) is 9.93. The Labute approximate surface area is 224 Å². The quantitative estimate of drug-likeness (QED) is 0.128. The molecule has 1 aliphatic heterocycles. The number of benzene rings is 4. The summed E-state index contributed by atoms with van der Waals surface area (Å²) < 4.78 is 19.0. The van der Waals surface area contributed by atoms with Gasteiger partial charge in [-0.05, 0) is 87.0 Å². The van der Waals surface area contributed by atoms with Gasteiger partial charge in [0, 0.05) is 10.0 Å². The summed E-state index contributed by atoms with van der Waals surface area (Å²) >= 11 is 5.64. The van der Waals surface area contributed by atoms with Gasteiger partial charge in [0.05, 0.1) is 10.7 Å². The normalized spacial score (nSPS) is 14.2. The fourth-order valence-corrected chi connectivity index (χ4v) is 4.76. The van der Waals surface area contributed by atoms with Gasteiger partial charge in [0.2, 0.25) is 5.90 Å². The Morgan fingerprint density at radius 2 is 1.77 bits per heavy atom. The zero-order chi connectivity index (χ0) is 24.4. The van der Waals surface area contributed by atoms with Crippen LogP contribution in [-0.2, 0) is 16.1 Å². The number of esters is 1. The van der Waals surface area contributed by atoms with Crippen LogP contribution in [0.3, 0.4) is 0 Å². The number of nitrogens with zero attached hydrogens (tertiary/aromatic N) is 1. The Morgan fingerprint density at radius 1 is 1.00 bits per heavy atom. The van der Waals surface area contributed by atoms with Crippen molar-refractivity contribution < 1.29 is 19.0 Å². The van der Waals surface area contributed by atoms with E-state index in [0.29, 0.717) is 24.0 Å². The van der Waals surface area contributed by atoms with Gasteiger partial charge in [-0.2, -0.15) is 0 Å². The molecule has 4 aromatic rings. The Kier molecular flexibility index (Phi) is 6.88. The molecule has 0 aliphatic carbocycles. The zero-order valence-corrected chi connectivity index (χ0v) is 22.4. The third-order valence-corrected chi connectivity index (χ3v) is 6.80. The van der Waals surface area contributed by atoms with Gasteiger partial charge in [-0.15, -0.1) is 0 Å². The van der Waals surface area contributed by atoms with E-state index in [0.717, 1.165) is 35.5 Å². The SMILES string of the molecule is COc1cc(/C=C2\N=C(c3ccc4ccccc4c3)OC2=O)cc(I)c1OCc1ccc(Br)cc1. The molecule has 0 fully saturated rings. The molecule has 7 heteroatoms. The van der Waals surface area contributed by atoms with E-state index in [2.05, 4.69) is 43.5 Å². The topological polar surface area (TPSA) is 57.1 Å². The molecule has 1 heterocycles. The third-order valence-electron chi connectivity index (χ3n) is 5.47. The third kappa shape index (κ3) is 5.26. The first-order valence-electron chi connectivity index (χ1n) is 10.8. The predicted molar refractivity (Wildman–Crippen MR) is 149 cm³/mol. The molecule has 0 spiro atoms. The summed E-state index contributed by atoms with van der Waals surface area (Å²) in [7, 11) is 1.59. The molecule has 0 saturated heterocycles. The largest absolute Gasteiger partial charge is 0.493 e. The molecule has 4 aromatic carbocycles. The fourth-order valence-electron chi connectivity index (χ4n) is 3.71. The molecular weight excluding hydrogens is 621 g/mol. The standard InChI is InChI=1S/C28H19BrINO4/c1-33-25-14-18(12-23(30)26(25)34-16-17-6-10-22(29)11-7-17)13-24-28(32)35-27(31-24)21-9-8-19-4-2-3-5-20(19)15-21/h2-15H,16H2,1H3/b24-13-. The number of aliphatic imine (C=N–C) groups is 1. The number of hydrogen-bond donors (Lipinski definition) is 0. The maximum absolute atomic E-state index is 12.5. The van der Waals surface area contributed by atoms with Crippen molar-refractivity contribution in [1.82, 2.24) is 0 Å². The number of hydrogen-bond acceptors (Lipinski definition) is 5. The number of cyclic esters (lactones) is 1. The van der Waals surface area contributed by atoms with E-state index in [1.807, 2.05) is 78.9 Å². The van der Waals surface area contributed by atoms with Crippen molar-refractivity contribution in [1.29, 1.82) is 0 Å². The number of halogens is 2. The second-order valence-electron chi connectivity index (χ2n) is 7.85. The summed E-state index contributed by atoms with van der Waals surface area (Å²) in [6.07, 6.45) is 1.69. The van der Waals surface area contributed by atoms with Crippen LogP contribution >= 0.6 is 38.5 Å². The van der Waals surface area contributed by atoms with Crippen LogP contribution in [0.4, 0.5) is 0 Å². The Morgan fingerprint density at radius 3 is 2.54 bits per heavy atom. The molecule has 1 aliphatic rings. The van der Waals surface area contributed by atoms with Crippen molar-refractivity contribution in [3.8, 4) is 11.5 Å². The van der Waals surface area contributed by atoms with E-state index in [4.69, 9.17) is 14.2 Å². The first-order valence-corrected chi connectivity index (χ1v) is 12.6. The highest BCUT2D eigenvalue weighted by atomic mass is 127. The monoisotopic (exact) mass is 639 g/mol. The lowest BCUT2D eigenvalue weighted by Crippen LogP contribution is -2.05. The van der Waals surface area contributed by atoms with Gasteiger partial charge >= 0.3 is 5.97 Å². The van der Waals surface area contributed by atoms with Crippen LogP contribution in [0.15, 0.2) is 94.0 Å². The van der Waals surface area contributed by atoms with E-state index < -0.39 is 5.97 Å². The summed E-state index contributed by atoms with van der Waals surface area (Å²) in [5, 5.41) is 2.17. The highest BCUT2D eigenvalue weighted by Crippen LogP contribution is 2.35. The van der Waals surface area contributed by atoms with Gasteiger partial charge in [0.15, 0.2) is 17.2 Å². The summed E-state index contributed by atoms with van der Waals surface area (Å²) in [4.78, 5) is 17.0. The van der Waals surface area contributed by atoms with Gasteiger partial charge < -0.3 is 14.2 Å². The first kappa shape index (κ1) is 23.6. The van der Waals surface area contributed by atoms with Crippen molar-refractivity contribution in [2.24, 2.45) is 4.99 Å². The number of carbonyl (C=O) groups excluding carboxylic acids is 1. The first-order chi connectivity index (χ1) is 17.0. The minimum atomic E-state index is -0.488. The van der Waals surface area contributed by atoms with E-state index in [9.17, 15) is 4.79 Å². The highest BCUT2D eigenvalue weighted by Gasteiger charge is 2.24. The molecule has 0 aromatic heterocycles. The van der Waals surface area contributed by atoms with Crippen LogP contribution in [-0.4, -0.2) is 19.0 Å². The summed E-state index contributed by atoms with van der Waals surface area (Å²) in [5.74, 6) is 1.03. The predicted octanol–water partition coefficient (Wildman–Crippen LogP) is 7.14. The average molecular weight is 640 g/mol. The Bertz CT molecular complexity index is 1500. The lowest BCUT2D eigenvalue weighted by Gasteiger charge is -2.14. The molecule has 0 radical (unpaired) electrons. The van der Waals surface area contributed by atoms with Crippen LogP contribution in [0.5, 0.6) is 11.5 Å². The fraction of sp³-hybridized carbons (Fsp3) is 0.0714. The van der Waals surface area contributed by atoms with Crippen molar-refractivity contribution in [2.45, 2.75) is 6.61 Å². The number of ether oxygens (including phenoxy) is 3. The molecule has 0 atom stereocenters. The van der Waals surface area contributed by atoms with E-state index in [-0.39, 0.29) is 5.70 Å². The second kappa shape index (κ2) is 10.2. The highest BCUT2D eigenvalue weighted by molar-refractivity contribution is 14.1. The van der Waals surface area contributed by atoms with Crippen molar-refractivity contribution >= 4 is 67.2 Å². The molecule has 5 rings (SSSR count). The number of rotatable bonds is 6. The molecule has 0 amide bonds. The number of fused-ring (bicyclic) bond motifs is 1. The maximum atomic E-state index is 12.5. The van der Waals surface area contributed by atoms with Crippen molar-refractivity contribution in [3.05, 3.63) is 109 Å². The van der Waals surface area contributed by atoms with E-state index >= 15 is 0 Å². The molecule has 174 valence electrons. The molecule has 5 nitrogen and oxygen atoms in total. The van der Waals surface area contributed by atoms with E-state index in [1.54, 1.807) is 13.2 Å². The minimum Gasteiger partial charge on any atom is -0.493 e. The molecular formula is C28H19BrINO4. The van der Waals surface area contributed by atoms with Crippen LogP contribution in [0.25, 0.3) is 16.8 Å². The zero-order valence-electron chi connectivity index (χ0n) is 18.6. The van der Waals surface area contributed by atoms with Gasteiger partial charge in [-0.3, -0.25) is 0 Å². The van der Waals surface area contributed by atoms with Crippen LogP contribution in [0.1, 0.15) is 16.7 Å². The summed E-state index contributed by atoms with van der Waals surface area (Å²) in [5.41, 5.74) is 2.79. The summed E-state index contributed by atoms with van der Waals surface area (Å²) in [6, 6.07) is 25.6. The number of carbonyl (C=O) groups is 1. The molecule has 0 N–H and O–H groups in total. The van der Waals surface area contributed by atoms with Crippen LogP contribution in [0, 0.1) is 3.57 Å². The average Bonchev–Trinajstić information content (AvgIpc) is 3.23. The van der Waals surface area contributed by atoms with Crippen molar-refractivity contribution in [2.75, 3.05) is 7.11 Å². The van der Waals surface area contributed by atoms with Gasteiger partial charge in [0.25, 0.3) is 0 Å². The summed E-state index contributed by atoms with van der Waals surface area (Å²) in [6.45, 7) is 0.409. The van der Waals surface area contributed by atoms with Crippen LogP contribution in [0.2, 0.25) is 0 Å². The smallest absolute Gasteiger partial charge is 0.363 e.